The minimum absolute atomic E-state index is 0.327. The molecule has 0 saturated carbocycles. The molecule has 0 aromatic heterocycles. The van der Waals surface area contributed by atoms with Gasteiger partial charge in [-0.25, -0.2) is 10.2 Å². The van der Waals surface area contributed by atoms with Gasteiger partial charge in [-0.15, -0.1) is 0 Å². The maximum absolute atomic E-state index is 12.2. The van der Waals surface area contributed by atoms with E-state index in [1.807, 2.05) is 36.4 Å². The predicted octanol–water partition coefficient (Wildman–Crippen LogP) is 4.83. The minimum atomic E-state index is -0.515. The third-order valence-corrected chi connectivity index (χ3v) is 4.29. The molecule has 0 unspecified atom stereocenters. The molecule has 0 aliphatic carbocycles. The molecule has 0 heterocycles. The molecule has 0 bridgehead atoms. The monoisotopic (exact) mass is 448 g/mol. The van der Waals surface area contributed by atoms with Gasteiger partial charge in [-0.1, -0.05) is 64.5 Å². The van der Waals surface area contributed by atoms with Crippen molar-refractivity contribution in [3.8, 4) is 5.75 Å². The molecule has 0 radical (unpaired) electrons. The van der Waals surface area contributed by atoms with E-state index in [1.54, 1.807) is 48.5 Å². The maximum Gasteiger partial charge on any atom is 0.336 e. The molecular weight excluding hydrogens is 432 g/mol. The smallest absolute Gasteiger partial charge is 0.336 e. The molecule has 0 fully saturated rings. The molecule has 144 valence electrons. The van der Waals surface area contributed by atoms with Crippen molar-refractivity contribution in [2.75, 3.05) is 0 Å². The number of hydrogen-bond donors (Lipinski definition) is 1. The number of ether oxygens (including phenoxy) is 1. The first-order valence-corrected chi connectivity index (χ1v) is 9.54. The fourth-order valence-electron chi connectivity index (χ4n) is 2.40. The Morgan fingerprint density at radius 3 is 2.34 bits per heavy atom. The topological polar surface area (TPSA) is 67.8 Å². The number of carbonyl (C=O) groups is 2. The summed E-state index contributed by atoms with van der Waals surface area (Å²) >= 11 is 3.38. The average molecular weight is 449 g/mol. The molecule has 3 aromatic carbocycles. The summed E-state index contributed by atoms with van der Waals surface area (Å²) in [5, 5.41) is 3.97. The summed E-state index contributed by atoms with van der Waals surface area (Å²) in [6.07, 6.45) is 4.46. The molecule has 29 heavy (non-hydrogen) atoms. The molecule has 0 saturated heterocycles. The van der Waals surface area contributed by atoms with Gasteiger partial charge in [0.05, 0.1) is 6.21 Å². The van der Waals surface area contributed by atoms with Gasteiger partial charge in [0.15, 0.2) is 0 Å². The van der Waals surface area contributed by atoms with Crippen LogP contribution in [0.5, 0.6) is 5.75 Å². The van der Waals surface area contributed by atoms with E-state index >= 15 is 0 Å². The summed E-state index contributed by atoms with van der Waals surface area (Å²) in [6, 6.07) is 23.3. The highest BCUT2D eigenvalue weighted by atomic mass is 79.9. The number of amides is 1. The first-order chi connectivity index (χ1) is 14.1. The number of carbonyl (C=O) groups excluding carboxylic acids is 2. The second-order valence-electron chi connectivity index (χ2n) is 5.91. The van der Waals surface area contributed by atoms with Gasteiger partial charge in [0.2, 0.25) is 0 Å². The van der Waals surface area contributed by atoms with E-state index in [0.29, 0.717) is 16.9 Å². The van der Waals surface area contributed by atoms with E-state index in [1.165, 1.54) is 12.3 Å². The highest BCUT2D eigenvalue weighted by Gasteiger charge is 2.08. The van der Waals surface area contributed by atoms with Crippen molar-refractivity contribution in [1.29, 1.82) is 0 Å². The molecule has 6 heteroatoms. The van der Waals surface area contributed by atoms with Crippen molar-refractivity contribution in [1.82, 2.24) is 5.43 Å². The Morgan fingerprint density at radius 2 is 1.62 bits per heavy atom. The Bertz CT molecular complexity index is 1050. The molecule has 0 aliphatic heterocycles. The van der Waals surface area contributed by atoms with Crippen molar-refractivity contribution < 1.29 is 14.3 Å². The first-order valence-electron chi connectivity index (χ1n) is 8.75. The van der Waals surface area contributed by atoms with Gasteiger partial charge in [-0.2, -0.15) is 5.10 Å². The quantitative estimate of drug-likeness (QED) is 0.193. The van der Waals surface area contributed by atoms with Crippen LogP contribution in [-0.4, -0.2) is 18.1 Å². The van der Waals surface area contributed by atoms with Gasteiger partial charge in [0.1, 0.15) is 5.75 Å². The van der Waals surface area contributed by atoms with E-state index < -0.39 is 5.97 Å². The fraction of sp³-hybridized carbons (Fsp3) is 0. The van der Waals surface area contributed by atoms with E-state index in [4.69, 9.17) is 4.74 Å². The van der Waals surface area contributed by atoms with Gasteiger partial charge in [-0.3, -0.25) is 4.79 Å². The summed E-state index contributed by atoms with van der Waals surface area (Å²) < 4.78 is 6.20. The van der Waals surface area contributed by atoms with Crippen molar-refractivity contribution in [3.63, 3.8) is 0 Å². The van der Waals surface area contributed by atoms with Crippen molar-refractivity contribution in [3.05, 3.63) is 106 Å². The van der Waals surface area contributed by atoms with E-state index in [0.717, 1.165) is 10.0 Å². The lowest BCUT2D eigenvalue weighted by molar-refractivity contribution is -0.128. The summed E-state index contributed by atoms with van der Waals surface area (Å²) in [5.74, 6) is -0.519. The number of hydrogen-bond acceptors (Lipinski definition) is 4. The van der Waals surface area contributed by atoms with Gasteiger partial charge in [-0.05, 0) is 42.0 Å². The third kappa shape index (κ3) is 6.26. The summed E-state index contributed by atoms with van der Waals surface area (Å²) in [7, 11) is 0. The summed E-state index contributed by atoms with van der Waals surface area (Å²) in [5.41, 5.74) is 4.38. The van der Waals surface area contributed by atoms with Crippen LogP contribution >= 0.6 is 15.9 Å². The number of rotatable bonds is 6. The number of esters is 1. The highest BCUT2D eigenvalue weighted by Crippen LogP contribution is 2.22. The molecule has 5 nitrogen and oxygen atoms in total. The Hall–Kier alpha value is -3.51. The fourth-order valence-corrected chi connectivity index (χ4v) is 2.78. The molecule has 0 spiro atoms. The minimum Gasteiger partial charge on any atom is -0.423 e. The SMILES string of the molecule is O=C(/C=C/c1ccccc1)Oc1ccc(Br)cc1/C=N\NC(=O)c1ccccc1. The van der Waals surface area contributed by atoms with Crippen molar-refractivity contribution >= 4 is 40.1 Å². The molecule has 1 N–H and O–H groups in total. The normalized spacial score (nSPS) is 10.9. The van der Waals surface area contributed by atoms with Gasteiger partial charge in [0.25, 0.3) is 5.91 Å². The molecule has 0 atom stereocenters. The van der Waals surface area contributed by atoms with Crippen LogP contribution < -0.4 is 10.2 Å². The Kier molecular flexibility index (Phi) is 7.08. The predicted molar refractivity (Wildman–Crippen MR) is 117 cm³/mol. The van der Waals surface area contributed by atoms with Crippen LogP contribution in [0.3, 0.4) is 0 Å². The average Bonchev–Trinajstić information content (AvgIpc) is 2.75. The van der Waals surface area contributed by atoms with E-state index in [-0.39, 0.29) is 5.91 Å². The lowest BCUT2D eigenvalue weighted by Crippen LogP contribution is -2.17. The van der Waals surface area contributed by atoms with Gasteiger partial charge < -0.3 is 4.74 Å². The van der Waals surface area contributed by atoms with E-state index in [2.05, 4.69) is 26.5 Å². The standard InChI is InChI=1S/C23H17BrN2O3/c24-20-12-13-21(29-22(27)14-11-17-7-3-1-4-8-17)19(15-20)16-25-26-23(28)18-9-5-2-6-10-18/h1-16H,(H,26,28)/b14-11+,25-16-. The maximum atomic E-state index is 12.2. The Labute approximate surface area is 176 Å². The summed E-state index contributed by atoms with van der Waals surface area (Å²) in [6.45, 7) is 0. The molecule has 1 amide bonds. The van der Waals surface area contributed by atoms with Gasteiger partial charge in [0, 0.05) is 21.7 Å². The van der Waals surface area contributed by atoms with Crippen LogP contribution in [0, 0.1) is 0 Å². The number of halogens is 1. The number of nitrogens with zero attached hydrogens (tertiary/aromatic N) is 1. The van der Waals surface area contributed by atoms with Crippen LogP contribution in [0.4, 0.5) is 0 Å². The van der Waals surface area contributed by atoms with Crippen molar-refractivity contribution in [2.24, 2.45) is 5.10 Å². The largest absolute Gasteiger partial charge is 0.423 e. The first kappa shape index (κ1) is 20.2. The zero-order valence-corrected chi connectivity index (χ0v) is 16.9. The van der Waals surface area contributed by atoms with Crippen LogP contribution in [0.2, 0.25) is 0 Å². The number of benzene rings is 3. The third-order valence-electron chi connectivity index (χ3n) is 3.80. The van der Waals surface area contributed by atoms with Crippen LogP contribution in [0.1, 0.15) is 21.5 Å². The number of nitrogens with one attached hydrogen (secondary N) is 1. The zero-order chi connectivity index (χ0) is 20.5. The molecule has 3 rings (SSSR count). The molecule has 0 aliphatic rings. The van der Waals surface area contributed by atoms with E-state index in [9.17, 15) is 9.59 Å². The highest BCUT2D eigenvalue weighted by molar-refractivity contribution is 9.10. The van der Waals surface area contributed by atoms with Crippen molar-refractivity contribution in [2.45, 2.75) is 0 Å². The second-order valence-corrected chi connectivity index (χ2v) is 6.83. The Balaban J connectivity index is 1.68. The zero-order valence-electron chi connectivity index (χ0n) is 15.3. The van der Waals surface area contributed by atoms with Gasteiger partial charge >= 0.3 is 5.97 Å². The number of hydrazone groups is 1. The lowest BCUT2D eigenvalue weighted by Gasteiger charge is -2.06. The molecular formula is C23H17BrN2O3. The van der Waals surface area contributed by atoms with Crippen LogP contribution in [0.15, 0.2) is 94.5 Å². The van der Waals surface area contributed by atoms with Crippen LogP contribution in [-0.2, 0) is 4.79 Å². The second kappa shape index (κ2) is 10.1. The lowest BCUT2D eigenvalue weighted by atomic mass is 10.2. The van der Waals surface area contributed by atoms with Crippen LogP contribution in [0.25, 0.3) is 6.08 Å². The summed E-state index contributed by atoms with van der Waals surface area (Å²) in [4.78, 5) is 24.2. The Morgan fingerprint density at radius 1 is 0.931 bits per heavy atom. The molecule has 3 aromatic rings.